The van der Waals surface area contributed by atoms with Crippen LogP contribution < -0.4 is 5.32 Å². The SMILES string of the molecule is O=[N+]([O-])c1ccc(Br)cc1CNc1c(Br)cc(Br)cc1Br. The van der Waals surface area contributed by atoms with Gasteiger partial charge in [-0.3, -0.25) is 10.1 Å². The molecule has 1 N–H and O–H groups in total. The number of halogens is 4. The van der Waals surface area contributed by atoms with Crippen LogP contribution in [0.25, 0.3) is 0 Å². The first-order valence-corrected chi connectivity index (χ1v) is 8.87. The molecule has 110 valence electrons. The largest absolute Gasteiger partial charge is 0.379 e. The molecule has 0 amide bonds. The maximum absolute atomic E-state index is 11.1. The van der Waals surface area contributed by atoms with Crippen LogP contribution in [0, 0.1) is 10.1 Å². The maximum Gasteiger partial charge on any atom is 0.274 e. The van der Waals surface area contributed by atoms with Gasteiger partial charge in [0.1, 0.15) is 0 Å². The van der Waals surface area contributed by atoms with Crippen molar-refractivity contribution in [2.45, 2.75) is 6.54 Å². The first-order chi connectivity index (χ1) is 9.88. The molecule has 2 rings (SSSR count). The normalized spacial score (nSPS) is 10.5. The molecule has 0 atom stereocenters. The van der Waals surface area contributed by atoms with Crippen molar-refractivity contribution in [3.8, 4) is 0 Å². The summed E-state index contributed by atoms with van der Waals surface area (Å²) in [6.45, 7) is 0.342. The Morgan fingerprint density at radius 2 is 1.62 bits per heavy atom. The van der Waals surface area contributed by atoms with Gasteiger partial charge in [-0.1, -0.05) is 31.9 Å². The number of hydrogen-bond acceptors (Lipinski definition) is 3. The van der Waals surface area contributed by atoms with Crippen LogP contribution in [0.2, 0.25) is 0 Å². The fraction of sp³-hybridized carbons (Fsp3) is 0.0769. The van der Waals surface area contributed by atoms with Crippen molar-refractivity contribution >= 4 is 75.1 Å². The molecule has 0 bridgehead atoms. The van der Waals surface area contributed by atoms with E-state index in [1.165, 1.54) is 6.07 Å². The third kappa shape index (κ3) is 4.28. The van der Waals surface area contributed by atoms with Crippen LogP contribution in [0.3, 0.4) is 0 Å². The predicted molar refractivity (Wildman–Crippen MR) is 97.7 cm³/mol. The van der Waals surface area contributed by atoms with Crippen LogP contribution in [0.15, 0.2) is 48.2 Å². The van der Waals surface area contributed by atoms with Crippen molar-refractivity contribution in [3.63, 3.8) is 0 Å². The summed E-state index contributed by atoms with van der Waals surface area (Å²) in [4.78, 5) is 10.7. The second-order valence-corrected chi connectivity index (χ2v) is 7.67. The van der Waals surface area contributed by atoms with Gasteiger partial charge >= 0.3 is 0 Å². The van der Waals surface area contributed by atoms with Crippen molar-refractivity contribution in [2.24, 2.45) is 0 Å². The van der Waals surface area contributed by atoms with E-state index < -0.39 is 0 Å². The number of hydrogen-bond donors (Lipinski definition) is 1. The monoisotopic (exact) mass is 540 g/mol. The Kier molecular flexibility index (Phi) is 5.81. The third-order valence-corrected chi connectivity index (χ3v) is 4.90. The van der Waals surface area contributed by atoms with E-state index in [1.807, 2.05) is 12.1 Å². The minimum absolute atomic E-state index is 0.0926. The highest BCUT2D eigenvalue weighted by Gasteiger charge is 2.15. The molecule has 0 spiro atoms. The van der Waals surface area contributed by atoms with E-state index in [0.29, 0.717) is 12.1 Å². The summed E-state index contributed by atoms with van der Waals surface area (Å²) in [5, 5.41) is 14.3. The summed E-state index contributed by atoms with van der Waals surface area (Å²) in [6.07, 6.45) is 0. The van der Waals surface area contributed by atoms with E-state index in [2.05, 4.69) is 69.0 Å². The molecule has 8 heteroatoms. The molecule has 0 unspecified atom stereocenters. The van der Waals surface area contributed by atoms with Gasteiger partial charge in [0, 0.05) is 36.1 Å². The lowest BCUT2D eigenvalue weighted by Gasteiger charge is -2.12. The van der Waals surface area contributed by atoms with E-state index in [4.69, 9.17) is 0 Å². The molecule has 4 nitrogen and oxygen atoms in total. The Bertz CT molecular complexity index is 684. The molecule has 2 aromatic rings. The van der Waals surface area contributed by atoms with Gasteiger partial charge in [0.05, 0.1) is 10.6 Å². The van der Waals surface area contributed by atoms with Crippen LogP contribution >= 0.6 is 63.7 Å². The second-order valence-electron chi connectivity index (χ2n) is 4.13. The van der Waals surface area contributed by atoms with Gasteiger partial charge in [-0.05, 0) is 56.1 Å². The molecule has 0 saturated heterocycles. The second kappa shape index (κ2) is 7.21. The highest BCUT2D eigenvalue weighted by atomic mass is 79.9. The topological polar surface area (TPSA) is 55.2 Å². The molecule has 0 aliphatic rings. The highest BCUT2D eigenvalue weighted by molar-refractivity contribution is 9.11. The van der Waals surface area contributed by atoms with E-state index in [-0.39, 0.29) is 10.6 Å². The zero-order valence-electron chi connectivity index (χ0n) is 10.4. The van der Waals surface area contributed by atoms with Gasteiger partial charge in [0.15, 0.2) is 0 Å². The van der Waals surface area contributed by atoms with Gasteiger partial charge in [-0.25, -0.2) is 0 Å². The molecule has 0 fully saturated rings. The third-order valence-electron chi connectivity index (χ3n) is 2.70. The number of nitro benzene ring substituents is 1. The number of anilines is 1. The molecule has 0 aliphatic carbocycles. The molecule has 0 heterocycles. The molecule has 0 aromatic heterocycles. The van der Waals surface area contributed by atoms with Gasteiger partial charge in [0.25, 0.3) is 5.69 Å². The van der Waals surface area contributed by atoms with Crippen molar-refractivity contribution in [1.29, 1.82) is 0 Å². The maximum atomic E-state index is 11.1. The average Bonchev–Trinajstić information content (AvgIpc) is 2.37. The van der Waals surface area contributed by atoms with Crippen LogP contribution in [-0.4, -0.2) is 4.92 Å². The van der Waals surface area contributed by atoms with Crippen molar-refractivity contribution in [1.82, 2.24) is 0 Å². The lowest BCUT2D eigenvalue weighted by Crippen LogP contribution is -2.04. The summed E-state index contributed by atoms with van der Waals surface area (Å²) >= 11 is 13.7. The number of nitrogens with zero attached hydrogens (tertiary/aromatic N) is 1. The lowest BCUT2D eigenvalue weighted by atomic mass is 10.2. The smallest absolute Gasteiger partial charge is 0.274 e. The average molecular weight is 544 g/mol. The first-order valence-electron chi connectivity index (χ1n) is 5.69. The molecule has 2 aromatic carbocycles. The first kappa shape index (κ1) is 16.9. The lowest BCUT2D eigenvalue weighted by molar-refractivity contribution is -0.385. The van der Waals surface area contributed by atoms with E-state index in [1.54, 1.807) is 12.1 Å². The summed E-state index contributed by atoms with van der Waals surface area (Å²) in [5.74, 6) is 0. The minimum Gasteiger partial charge on any atom is -0.379 e. The fourth-order valence-electron chi connectivity index (χ4n) is 1.77. The Hall–Kier alpha value is -0.440. The molecular formula is C13H8Br4N2O2. The molecule has 0 saturated carbocycles. The quantitative estimate of drug-likeness (QED) is 0.366. The fourth-order valence-corrected chi connectivity index (χ4v) is 4.72. The van der Waals surface area contributed by atoms with Gasteiger partial charge in [-0.2, -0.15) is 0 Å². The van der Waals surface area contributed by atoms with Crippen LogP contribution in [0.5, 0.6) is 0 Å². The standard InChI is InChI=1S/C13H8Br4N2O2/c14-8-1-2-12(19(20)21)7(3-8)6-18-13-10(16)4-9(15)5-11(13)17/h1-5,18H,6H2. The predicted octanol–water partition coefficient (Wildman–Crippen LogP) is 6.26. The van der Waals surface area contributed by atoms with Gasteiger partial charge < -0.3 is 5.32 Å². The van der Waals surface area contributed by atoms with Crippen molar-refractivity contribution < 1.29 is 4.92 Å². The summed E-state index contributed by atoms with van der Waals surface area (Å²) < 4.78 is 3.46. The van der Waals surface area contributed by atoms with E-state index >= 15 is 0 Å². The van der Waals surface area contributed by atoms with E-state index in [9.17, 15) is 10.1 Å². The van der Waals surface area contributed by atoms with E-state index in [0.717, 1.165) is 23.6 Å². The van der Waals surface area contributed by atoms with Crippen LogP contribution in [0.1, 0.15) is 5.56 Å². The Morgan fingerprint density at radius 3 is 2.19 bits per heavy atom. The van der Waals surface area contributed by atoms with Crippen molar-refractivity contribution in [3.05, 3.63) is 63.9 Å². The number of nitro groups is 1. The number of nitrogens with one attached hydrogen (secondary N) is 1. The summed E-state index contributed by atoms with van der Waals surface area (Å²) in [5.41, 5.74) is 1.54. The summed E-state index contributed by atoms with van der Waals surface area (Å²) in [6, 6.07) is 8.70. The zero-order chi connectivity index (χ0) is 15.6. The van der Waals surface area contributed by atoms with Crippen LogP contribution in [-0.2, 0) is 6.54 Å². The number of rotatable bonds is 4. The molecular weight excluding hydrogens is 536 g/mol. The Morgan fingerprint density at radius 1 is 1.00 bits per heavy atom. The minimum atomic E-state index is -0.380. The number of benzene rings is 2. The molecule has 0 radical (unpaired) electrons. The van der Waals surface area contributed by atoms with Gasteiger partial charge in [0.2, 0.25) is 0 Å². The highest BCUT2D eigenvalue weighted by Crippen LogP contribution is 2.35. The Labute approximate surface area is 155 Å². The van der Waals surface area contributed by atoms with Crippen molar-refractivity contribution in [2.75, 3.05) is 5.32 Å². The molecule has 0 aliphatic heterocycles. The molecule has 21 heavy (non-hydrogen) atoms. The van der Waals surface area contributed by atoms with Crippen LogP contribution in [0.4, 0.5) is 11.4 Å². The summed E-state index contributed by atoms with van der Waals surface area (Å²) in [7, 11) is 0. The van der Waals surface area contributed by atoms with Gasteiger partial charge in [-0.15, -0.1) is 0 Å². The Balaban J connectivity index is 2.28. The zero-order valence-corrected chi connectivity index (χ0v) is 16.7.